The number of hydrogen-bond donors (Lipinski definition) is 1. The van der Waals surface area contributed by atoms with E-state index in [1.165, 1.54) is 5.56 Å². The van der Waals surface area contributed by atoms with Crippen LogP contribution < -0.4 is 5.32 Å². The molecule has 0 spiro atoms. The Bertz CT molecular complexity index is 444. The van der Waals surface area contributed by atoms with Gasteiger partial charge in [-0.15, -0.1) is 0 Å². The molecule has 20 heavy (non-hydrogen) atoms. The minimum Gasteiger partial charge on any atom is -0.380 e. The first-order chi connectivity index (χ1) is 9.67. The third-order valence-corrected chi connectivity index (χ3v) is 3.73. The van der Waals surface area contributed by atoms with Crippen molar-refractivity contribution in [2.24, 2.45) is 0 Å². The molecule has 4 heteroatoms. The molecule has 110 valence electrons. The highest BCUT2D eigenvalue weighted by molar-refractivity contribution is 5.84. The van der Waals surface area contributed by atoms with Gasteiger partial charge in [-0.2, -0.15) is 0 Å². The van der Waals surface area contributed by atoms with Gasteiger partial charge in [-0.3, -0.25) is 10.1 Å². The topological polar surface area (TPSA) is 41.6 Å². The Morgan fingerprint density at radius 1 is 1.25 bits per heavy atom. The van der Waals surface area contributed by atoms with Crippen LogP contribution in [0.25, 0.3) is 0 Å². The number of nitrogens with one attached hydrogen (secondary N) is 1. The Labute approximate surface area is 121 Å². The molecule has 0 saturated carbocycles. The van der Waals surface area contributed by atoms with Crippen molar-refractivity contribution < 1.29 is 9.53 Å². The third-order valence-electron chi connectivity index (χ3n) is 3.73. The maximum absolute atomic E-state index is 12.4. The van der Waals surface area contributed by atoms with E-state index in [2.05, 4.69) is 36.5 Å². The van der Waals surface area contributed by atoms with E-state index in [4.69, 9.17) is 4.74 Å². The zero-order valence-electron chi connectivity index (χ0n) is 12.6. The molecule has 1 aromatic rings. The molecule has 2 atom stereocenters. The highest BCUT2D eigenvalue weighted by atomic mass is 16.5. The summed E-state index contributed by atoms with van der Waals surface area (Å²) < 4.78 is 5.39. The average Bonchev–Trinajstić information content (AvgIpc) is 2.77. The fourth-order valence-corrected chi connectivity index (χ4v) is 2.54. The van der Waals surface area contributed by atoms with Gasteiger partial charge in [-0.25, -0.2) is 0 Å². The number of nitrogens with zero attached hydrogens (tertiary/aromatic N) is 1. The molecule has 1 amide bonds. The number of benzene rings is 1. The van der Waals surface area contributed by atoms with Crippen molar-refractivity contribution in [2.75, 3.05) is 19.8 Å². The van der Waals surface area contributed by atoms with Crippen LogP contribution in [0.5, 0.6) is 0 Å². The molecule has 0 bridgehead atoms. The number of rotatable bonds is 6. The van der Waals surface area contributed by atoms with Crippen LogP contribution in [0, 0.1) is 6.92 Å². The molecular weight excluding hydrogens is 252 g/mol. The second-order valence-electron chi connectivity index (χ2n) is 5.17. The van der Waals surface area contributed by atoms with Crippen molar-refractivity contribution in [2.45, 2.75) is 39.4 Å². The van der Waals surface area contributed by atoms with Gasteiger partial charge in [0.1, 0.15) is 6.17 Å². The molecule has 1 aliphatic heterocycles. The number of carbonyl (C=O) groups excluding carboxylic acids is 1. The highest BCUT2D eigenvalue weighted by Crippen LogP contribution is 2.26. The van der Waals surface area contributed by atoms with Crippen LogP contribution in [0.15, 0.2) is 24.3 Å². The van der Waals surface area contributed by atoms with Gasteiger partial charge >= 0.3 is 0 Å². The van der Waals surface area contributed by atoms with Crippen LogP contribution in [0.4, 0.5) is 0 Å². The van der Waals surface area contributed by atoms with Gasteiger partial charge in [-0.05, 0) is 25.8 Å². The number of amides is 1. The Hall–Kier alpha value is -1.39. The Morgan fingerprint density at radius 2 is 1.95 bits per heavy atom. The quantitative estimate of drug-likeness (QED) is 0.810. The molecule has 1 N–H and O–H groups in total. The Kier molecular flexibility index (Phi) is 5.15. The monoisotopic (exact) mass is 276 g/mol. The fraction of sp³-hybridized carbons (Fsp3) is 0.562. The van der Waals surface area contributed by atoms with E-state index in [-0.39, 0.29) is 18.1 Å². The summed E-state index contributed by atoms with van der Waals surface area (Å²) in [5.41, 5.74) is 2.36. The molecule has 1 aliphatic rings. The van der Waals surface area contributed by atoms with Gasteiger partial charge in [0.25, 0.3) is 0 Å². The lowest BCUT2D eigenvalue weighted by molar-refractivity contribution is -0.130. The third kappa shape index (κ3) is 3.19. The van der Waals surface area contributed by atoms with Crippen molar-refractivity contribution in [3.63, 3.8) is 0 Å². The molecule has 2 rings (SSSR count). The fourth-order valence-electron chi connectivity index (χ4n) is 2.54. The lowest BCUT2D eigenvalue weighted by atomic mass is 10.1. The Morgan fingerprint density at radius 3 is 2.55 bits per heavy atom. The van der Waals surface area contributed by atoms with Crippen molar-refractivity contribution in [1.29, 1.82) is 0 Å². The molecule has 0 aromatic heterocycles. The Balaban J connectivity index is 2.15. The summed E-state index contributed by atoms with van der Waals surface area (Å²) in [6, 6.07) is 8.27. The first-order valence-corrected chi connectivity index (χ1v) is 7.38. The summed E-state index contributed by atoms with van der Waals surface area (Å²) in [5, 5.41) is 3.42. The smallest absolute Gasteiger partial charge is 0.241 e. The summed E-state index contributed by atoms with van der Waals surface area (Å²) in [6.45, 7) is 7.97. The molecule has 1 aromatic carbocycles. The summed E-state index contributed by atoms with van der Waals surface area (Å²) in [6.07, 6.45) is 0.778. The van der Waals surface area contributed by atoms with Gasteiger partial charge < -0.3 is 9.64 Å². The van der Waals surface area contributed by atoms with Gasteiger partial charge in [0.15, 0.2) is 0 Å². The average molecular weight is 276 g/mol. The lowest BCUT2D eigenvalue weighted by Gasteiger charge is -2.24. The predicted molar refractivity (Wildman–Crippen MR) is 79.3 cm³/mol. The van der Waals surface area contributed by atoms with E-state index in [9.17, 15) is 4.79 Å². The second-order valence-corrected chi connectivity index (χ2v) is 5.17. The first-order valence-electron chi connectivity index (χ1n) is 7.38. The van der Waals surface area contributed by atoms with E-state index in [1.54, 1.807) is 0 Å². The van der Waals surface area contributed by atoms with E-state index >= 15 is 0 Å². The maximum Gasteiger partial charge on any atom is 0.241 e. The second kappa shape index (κ2) is 6.86. The first kappa shape index (κ1) is 15.0. The van der Waals surface area contributed by atoms with Gasteiger partial charge in [-0.1, -0.05) is 36.8 Å². The van der Waals surface area contributed by atoms with Gasteiger partial charge in [0, 0.05) is 13.2 Å². The maximum atomic E-state index is 12.4. The van der Waals surface area contributed by atoms with Crippen LogP contribution in [-0.2, 0) is 9.53 Å². The minimum absolute atomic E-state index is 0.0338. The normalized spacial score (nSPS) is 22.6. The van der Waals surface area contributed by atoms with Gasteiger partial charge in [0.05, 0.1) is 12.6 Å². The van der Waals surface area contributed by atoms with E-state index < -0.39 is 0 Å². The van der Waals surface area contributed by atoms with Crippen LogP contribution in [-0.4, -0.2) is 36.6 Å². The largest absolute Gasteiger partial charge is 0.380 e. The number of hydrogen-bond acceptors (Lipinski definition) is 3. The van der Waals surface area contributed by atoms with E-state index in [0.29, 0.717) is 19.8 Å². The van der Waals surface area contributed by atoms with Crippen LogP contribution in [0.3, 0.4) is 0 Å². The molecule has 0 aliphatic carbocycles. The molecule has 1 saturated heterocycles. The summed E-state index contributed by atoms with van der Waals surface area (Å²) in [7, 11) is 0. The molecule has 1 heterocycles. The van der Waals surface area contributed by atoms with E-state index in [0.717, 1.165) is 12.0 Å². The lowest BCUT2D eigenvalue weighted by Crippen LogP contribution is -2.34. The van der Waals surface area contributed by atoms with Crippen molar-refractivity contribution in [3.05, 3.63) is 35.4 Å². The van der Waals surface area contributed by atoms with Crippen molar-refractivity contribution in [3.8, 4) is 0 Å². The molecule has 2 unspecified atom stereocenters. The zero-order valence-corrected chi connectivity index (χ0v) is 12.6. The molecule has 4 nitrogen and oxygen atoms in total. The zero-order chi connectivity index (χ0) is 14.5. The van der Waals surface area contributed by atoms with E-state index in [1.807, 2.05) is 18.7 Å². The molecule has 0 radical (unpaired) electrons. The van der Waals surface area contributed by atoms with Crippen molar-refractivity contribution in [1.82, 2.24) is 10.2 Å². The molecule has 1 fully saturated rings. The highest BCUT2D eigenvalue weighted by Gasteiger charge is 2.38. The minimum atomic E-state index is -0.0806. The van der Waals surface area contributed by atoms with Crippen LogP contribution >= 0.6 is 0 Å². The van der Waals surface area contributed by atoms with Gasteiger partial charge in [0.2, 0.25) is 5.91 Å². The predicted octanol–water partition coefficient (Wildman–Crippen LogP) is 2.24. The SMILES string of the molecule is CCOCCN1C(=O)C(CC)NC1c1ccc(C)cc1. The summed E-state index contributed by atoms with van der Waals surface area (Å²) in [5.74, 6) is 0.178. The number of ether oxygens (including phenoxy) is 1. The van der Waals surface area contributed by atoms with Crippen LogP contribution in [0.1, 0.15) is 37.6 Å². The number of carbonyl (C=O) groups is 1. The summed E-state index contributed by atoms with van der Waals surface area (Å²) in [4.78, 5) is 14.3. The standard InChI is InChI=1S/C16H24N2O2/c1-4-14-16(19)18(10-11-20-5-2)15(17-14)13-8-6-12(3)7-9-13/h6-9,14-15,17H,4-5,10-11H2,1-3H3. The molecular formula is C16H24N2O2. The summed E-state index contributed by atoms with van der Waals surface area (Å²) >= 11 is 0. The van der Waals surface area contributed by atoms with Crippen LogP contribution in [0.2, 0.25) is 0 Å². The number of aryl methyl sites for hydroxylation is 1. The van der Waals surface area contributed by atoms with Crippen molar-refractivity contribution >= 4 is 5.91 Å².